The molecular weight excluding hydrogens is 240 g/mol. The minimum atomic E-state index is -0.297. The summed E-state index contributed by atoms with van der Waals surface area (Å²) in [4.78, 5) is 0. The van der Waals surface area contributed by atoms with Crippen LogP contribution < -0.4 is 9.47 Å². The molecule has 2 aromatic rings. The molecule has 0 amide bonds. The number of halogens is 1. The van der Waals surface area contributed by atoms with Crippen molar-refractivity contribution in [1.82, 2.24) is 0 Å². The SMILES string of the molecule is COc1ccc(C(Cl)c2ccoc2)c(OC)c1. The third kappa shape index (κ3) is 2.39. The van der Waals surface area contributed by atoms with Gasteiger partial charge in [-0.25, -0.2) is 0 Å². The number of methoxy groups -OCH3 is 2. The van der Waals surface area contributed by atoms with Gasteiger partial charge in [0.25, 0.3) is 0 Å². The molecule has 1 aromatic carbocycles. The van der Waals surface area contributed by atoms with Gasteiger partial charge in [-0.05, 0) is 18.2 Å². The van der Waals surface area contributed by atoms with Gasteiger partial charge in [-0.15, -0.1) is 11.6 Å². The fourth-order valence-corrected chi connectivity index (χ4v) is 1.93. The van der Waals surface area contributed by atoms with Crippen molar-refractivity contribution in [2.24, 2.45) is 0 Å². The molecule has 0 radical (unpaired) electrons. The number of benzene rings is 1. The zero-order valence-electron chi connectivity index (χ0n) is 9.64. The lowest BCUT2D eigenvalue weighted by atomic mass is 10.1. The Morgan fingerprint density at radius 1 is 1.18 bits per heavy atom. The summed E-state index contributed by atoms with van der Waals surface area (Å²) >= 11 is 6.37. The molecule has 1 aromatic heterocycles. The molecule has 0 saturated carbocycles. The lowest BCUT2D eigenvalue weighted by Gasteiger charge is -2.13. The molecule has 0 aliphatic rings. The number of rotatable bonds is 4. The van der Waals surface area contributed by atoms with Crippen molar-refractivity contribution in [3.05, 3.63) is 47.9 Å². The van der Waals surface area contributed by atoms with Crippen LogP contribution in [0.25, 0.3) is 0 Å². The highest BCUT2D eigenvalue weighted by molar-refractivity contribution is 6.22. The molecule has 1 unspecified atom stereocenters. The van der Waals surface area contributed by atoms with Crippen molar-refractivity contribution >= 4 is 11.6 Å². The monoisotopic (exact) mass is 252 g/mol. The lowest BCUT2D eigenvalue weighted by molar-refractivity contribution is 0.391. The Morgan fingerprint density at radius 3 is 2.59 bits per heavy atom. The van der Waals surface area contributed by atoms with Gasteiger partial charge in [-0.1, -0.05) is 0 Å². The minimum Gasteiger partial charge on any atom is -0.497 e. The number of ether oxygens (including phenoxy) is 2. The molecule has 1 atom stereocenters. The Labute approximate surface area is 105 Å². The summed E-state index contributed by atoms with van der Waals surface area (Å²) in [5.41, 5.74) is 1.78. The minimum absolute atomic E-state index is 0.297. The quantitative estimate of drug-likeness (QED) is 0.779. The van der Waals surface area contributed by atoms with E-state index in [0.717, 1.165) is 16.9 Å². The van der Waals surface area contributed by atoms with Gasteiger partial charge in [0.2, 0.25) is 0 Å². The highest BCUT2D eigenvalue weighted by Gasteiger charge is 2.17. The largest absolute Gasteiger partial charge is 0.497 e. The van der Waals surface area contributed by atoms with Crippen LogP contribution in [0.5, 0.6) is 11.5 Å². The van der Waals surface area contributed by atoms with Gasteiger partial charge in [0.05, 0.1) is 32.1 Å². The Bertz CT molecular complexity index is 479. The van der Waals surface area contributed by atoms with Crippen LogP contribution >= 0.6 is 11.6 Å². The van der Waals surface area contributed by atoms with E-state index < -0.39 is 0 Å². The fraction of sp³-hybridized carbons (Fsp3) is 0.231. The molecule has 3 nitrogen and oxygen atoms in total. The van der Waals surface area contributed by atoms with Gasteiger partial charge in [0.15, 0.2) is 0 Å². The summed E-state index contributed by atoms with van der Waals surface area (Å²) in [5, 5.41) is -0.297. The molecule has 1 heterocycles. The molecule has 0 spiro atoms. The second kappa shape index (κ2) is 5.15. The highest BCUT2D eigenvalue weighted by Crippen LogP contribution is 2.37. The number of hydrogen-bond donors (Lipinski definition) is 0. The van der Waals surface area contributed by atoms with Gasteiger partial charge < -0.3 is 13.9 Å². The molecule has 17 heavy (non-hydrogen) atoms. The first kappa shape index (κ1) is 11.9. The number of furan rings is 1. The van der Waals surface area contributed by atoms with Gasteiger partial charge in [0.1, 0.15) is 11.5 Å². The van der Waals surface area contributed by atoms with E-state index in [1.807, 2.05) is 24.3 Å². The Morgan fingerprint density at radius 2 is 2.00 bits per heavy atom. The summed E-state index contributed by atoms with van der Waals surface area (Å²) in [6, 6.07) is 7.39. The van der Waals surface area contributed by atoms with Gasteiger partial charge in [0, 0.05) is 17.2 Å². The van der Waals surface area contributed by atoms with E-state index in [0.29, 0.717) is 5.75 Å². The van der Waals surface area contributed by atoms with Crippen LogP contribution in [0.4, 0.5) is 0 Å². The van der Waals surface area contributed by atoms with Gasteiger partial charge in [-0.3, -0.25) is 0 Å². The molecular formula is C13H13ClO3. The van der Waals surface area contributed by atoms with E-state index in [1.54, 1.807) is 26.7 Å². The van der Waals surface area contributed by atoms with Crippen LogP contribution in [0.1, 0.15) is 16.5 Å². The van der Waals surface area contributed by atoms with Crippen molar-refractivity contribution in [2.45, 2.75) is 5.38 Å². The van der Waals surface area contributed by atoms with Crippen LogP contribution in [0.3, 0.4) is 0 Å². The Kier molecular flexibility index (Phi) is 3.59. The number of alkyl halides is 1. The molecule has 0 N–H and O–H groups in total. The van der Waals surface area contributed by atoms with Crippen molar-refractivity contribution in [2.75, 3.05) is 14.2 Å². The summed E-state index contributed by atoms with van der Waals surface area (Å²) < 4.78 is 15.5. The standard InChI is InChI=1S/C13H13ClO3/c1-15-10-3-4-11(12(7-10)16-2)13(14)9-5-6-17-8-9/h3-8,13H,1-2H3. The highest BCUT2D eigenvalue weighted by atomic mass is 35.5. The predicted octanol–water partition coefficient (Wildman–Crippen LogP) is 3.63. The normalized spacial score (nSPS) is 12.2. The topological polar surface area (TPSA) is 31.6 Å². The van der Waals surface area contributed by atoms with E-state index in [9.17, 15) is 0 Å². The van der Waals surface area contributed by atoms with Crippen LogP contribution in [0.15, 0.2) is 41.2 Å². The zero-order valence-corrected chi connectivity index (χ0v) is 10.4. The lowest BCUT2D eigenvalue weighted by Crippen LogP contribution is -1.97. The second-order valence-electron chi connectivity index (χ2n) is 3.53. The van der Waals surface area contributed by atoms with Gasteiger partial charge >= 0.3 is 0 Å². The summed E-state index contributed by atoms with van der Waals surface area (Å²) in [7, 11) is 3.22. The summed E-state index contributed by atoms with van der Waals surface area (Å²) in [6.45, 7) is 0. The average molecular weight is 253 g/mol. The Hall–Kier alpha value is -1.61. The first-order valence-corrected chi connectivity index (χ1v) is 5.58. The molecule has 4 heteroatoms. The van der Waals surface area contributed by atoms with Gasteiger partial charge in [-0.2, -0.15) is 0 Å². The fourth-order valence-electron chi connectivity index (χ4n) is 1.63. The molecule has 90 valence electrons. The second-order valence-corrected chi connectivity index (χ2v) is 3.96. The van der Waals surface area contributed by atoms with Crippen LogP contribution in [0.2, 0.25) is 0 Å². The first-order chi connectivity index (χ1) is 8.26. The Balaban J connectivity index is 2.38. The molecule has 0 bridgehead atoms. The predicted molar refractivity (Wildman–Crippen MR) is 66.0 cm³/mol. The maximum Gasteiger partial charge on any atom is 0.127 e. The molecule has 2 rings (SSSR count). The first-order valence-electron chi connectivity index (χ1n) is 5.14. The van der Waals surface area contributed by atoms with E-state index in [4.69, 9.17) is 25.5 Å². The summed E-state index contributed by atoms with van der Waals surface area (Å²) in [5.74, 6) is 1.44. The smallest absolute Gasteiger partial charge is 0.127 e. The van der Waals surface area contributed by atoms with Crippen LogP contribution in [-0.2, 0) is 0 Å². The van der Waals surface area contributed by atoms with E-state index in [1.165, 1.54) is 0 Å². The van der Waals surface area contributed by atoms with Crippen molar-refractivity contribution in [3.63, 3.8) is 0 Å². The van der Waals surface area contributed by atoms with Crippen molar-refractivity contribution in [1.29, 1.82) is 0 Å². The third-order valence-corrected chi connectivity index (χ3v) is 3.04. The van der Waals surface area contributed by atoms with E-state index in [2.05, 4.69) is 0 Å². The van der Waals surface area contributed by atoms with Crippen molar-refractivity contribution < 1.29 is 13.9 Å². The molecule has 0 aliphatic heterocycles. The average Bonchev–Trinajstić information content (AvgIpc) is 2.91. The number of hydrogen-bond acceptors (Lipinski definition) is 3. The maximum absolute atomic E-state index is 6.37. The maximum atomic E-state index is 6.37. The van der Waals surface area contributed by atoms with Crippen molar-refractivity contribution in [3.8, 4) is 11.5 Å². The summed E-state index contributed by atoms with van der Waals surface area (Å²) in [6.07, 6.45) is 3.22. The zero-order chi connectivity index (χ0) is 12.3. The molecule has 0 aliphatic carbocycles. The van der Waals surface area contributed by atoms with E-state index in [-0.39, 0.29) is 5.38 Å². The molecule has 0 saturated heterocycles. The molecule has 0 fully saturated rings. The van der Waals surface area contributed by atoms with Crippen LogP contribution in [-0.4, -0.2) is 14.2 Å². The van der Waals surface area contributed by atoms with E-state index >= 15 is 0 Å². The third-order valence-electron chi connectivity index (χ3n) is 2.55. The van der Waals surface area contributed by atoms with Crippen LogP contribution in [0, 0.1) is 0 Å².